The van der Waals surface area contributed by atoms with Crippen molar-refractivity contribution in [2.45, 2.75) is 56.7 Å². The maximum Gasteiger partial charge on any atom is 0.315 e. The molecule has 172 valence electrons. The van der Waals surface area contributed by atoms with Crippen LogP contribution in [0.1, 0.15) is 50.5 Å². The third kappa shape index (κ3) is 7.50. The van der Waals surface area contributed by atoms with Crippen molar-refractivity contribution >= 4 is 22.0 Å². The minimum Gasteiger partial charge on any atom is -0.340 e. The normalized spacial score (nSPS) is 18.5. The lowest BCUT2D eigenvalue weighted by Gasteiger charge is -2.34. The standard InChI is InChI=1S/C22H34N4O4S/c27-21(12-7-13-23-22(28)24-20-10-5-2-6-11-20)25-14-16-26(17-15-25)31(29,30)18-19-8-3-1-4-9-19/h1,3-4,8-9,20H,2,5-7,10-18H2,(H2,23,24,28). The second kappa shape index (κ2) is 11.5. The van der Waals surface area contributed by atoms with Crippen molar-refractivity contribution in [1.29, 1.82) is 0 Å². The van der Waals surface area contributed by atoms with E-state index < -0.39 is 10.0 Å². The summed E-state index contributed by atoms with van der Waals surface area (Å²) in [6, 6.07) is 9.24. The molecule has 3 rings (SSSR count). The summed E-state index contributed by atoms with van der Waals surface area (Å²) in [5, 5.41) is 5.83. The first-order valence-electron chi connectivity index (χ1n) is 11.3. The highest BCUT2D eigenvalue weighted by Crippen LogP contribution is 2.17. The van der Waals surface area contributed by atoms with Crippen LogP contribution in [0.2, 0.25) is 0 Å². The van der Waals surface area contributed by atoms with Crippen molar-refractivity contribution in [1.82, 2.24) is 19.8 Å². The molecular weight excluding hydrogens is 416 g/mol. The van der Waals surface area contributed by atoms with E-state index in [0.29, 0.717) is 45.6 Å². The second-order valence-electron chi connectivity index (χ2n) is 8.36. The zero-order chi connectivity index (χ0) is 22.1. The second-order valence-corrected chi connectivity index (χ2v) is 10.3. The minimum absolute atomic E-state index is 0.00889. The molecular formula is C22H34N4O4S. The first kappa shape index (κ1) is 23.5. The number of carbonyl (C=O) groups is 2. The molecule has 2 aliphatic rings. The van der Waals surface area contributed by atoms with Gasteiger partial charge in [-0.3, -0.25) is 4.79 Å². The van der Waals surface area contributed by atoms with E-state index in [1.807, 2.05) is 18.2 Å². The summed E-state index contributed by atoms with van der Waals surface area (Å²) in [6.07, 6.45) is 6.58. The highest BCUT2D eigenvalue weighted by atomic mass is 32.2. The molecule has 1 aliphatic carbocycles. The van der Waals surface area contributed by atoms with E-state index in [-0.39, 0.29) is 23.7 Å². The monoisotopic (exact) mass is 450 g/mol. The number of hydrogen-bond acceptors (Lipinski definition) is 4. The third-order valence-electron chi connectivity index (χ3n) is 5.97. The van der Waals surface area contributed by atoms with Crippen molar-refractivity contribution in [3.05, 3.63) is 35.9 Å². The van der Waals surface area contributed by atoms with Gasteiger partial charge >= 0.3 is 6.03 Å². The molecule has 2 N–H and O–H groups in total. The number of nitrogens with zero attached hydrogens (tertiary/aromatic N) is 2. The molecule has 8 nitrogen and oxygen atoms in total. The van der Waals surface area contributed by atoms with E-state index in [1.54, 1.807) is 17.0 Å². The van der Waals surface area contributed by atoms with Crippen LogP contribution in [0.4, 0.5) is 4.79 Å². The van der Waals surface area contributed by atoms with Gasteiger partial charge in [-0.25, -0.2) is 13.2 Å². The Morgan fingerprint density at radius 2 is 1.65 bits per heavy atom. The summed E-state index contributed by atoms with van der Waals surface area (Å²) in [5.41, 5.74) is 0.765. The molecule has 2 fully saturated rings. The number of carbonyl (C=O) groups excluding carboxylic acids is 2. The summed E-state index contributed by atoms with van der Waals surface area (Å²) in [5.74, 6) is -0.00860. The molecule has 0 bridgehead atoms. The highest BCUT2D eigenvalue weighted by molar-refractivity contribution is 7.88. The Morgan fingerprint density at radius 3 is 2.32 bits per heavy atom. The number of benzene rings is 1. The van der Waals surface area contributed by atoms with Crippen LogP contribution >= 0.6 is 0 Å². The van der Waals surface area contributed by atoms with Crippen molar-refractivity contribution in [2.24, 2.45) is 0 Å². The van der Waals surface area contributed by atoms with Crippen molar-refractivity contribution in [3.63, 3.8) is 0 Å². The van der Waals surface area contributed by atoms with Crippen molar-refractivity contribution < 1.29 is 18.0 Å². The number of hydrogen-bond donors (Lipinski definition) is 2. The third-order valence-corrected chi connectivity index (χ3v) is 7.82. The molecule has 3 amide bonds. The van der Waals surface area contributed by atoms with E-state index in [1.165, 1.54) is 23.6 Å². The Labute approximate surface area is 185 Å². The quantitative estimate of drug-likeness (QED) is 0.593. The van der Waals surface area contributed by atoms with Crippen LogP contribution in [0, 0.1) is 0 Å². The summed E-state index contributed by atoms with van der Waals surface area (Å²) in [7, 11) is -3.39. The smallest absolute Gasteiger partial charge is 0.315 e. The Balaban J connectivity index is 1.32. The van der Waals surface area contributed by atoms with Gasteiger partial charge in [0.05, 0.1) is 5.75 Å². The molecule has 0 spiro atoms. The van der Waals surface area contributed by atoms with Gasteiger partial charge in [0.25, 0.3) is 0 Å². The molecule has 0 aromatic heterocycles. The first-order chi connectivity index (χ1) is 14.9. The Morgan fingerprint density at radius 1 is 0.968 bits per heavy atom. The highest BCUT2D eigenvalue weighted by Gasteiger charge is 2.28. The zero-order valence-corrected chi connectivity index (χ0v) is 18.9. The molecule has 1 saturated carbocycles. The van der Waals surface area contributed by atoms with Gasteiger partial charge in [0.2, 0.25) is 15.9 Å². The van der Waals surface area contributed by atoms with Crippen LogP contribution < -0.4 is 10.6 Å². The SMILES string of the molecule is O=C(NCCCC(=O)N1CCN(S(=O)(=O)Cc2ccccc2)CC1)NC1CCCCC1. The molecule has 1 aromatic carbocycles. The fourth-order valence-electron chi connectivity index (χ4n) is 4.17. The number of nitrogens with one attached hydrogen (secondary N) is 2. The van der Waals surface area contributed by atoms with Crippen LogP contribution in [0.15, 0.2) is 30.3 Å². The topological polar surface area (TPSA) is 98.8 Å². The zero-order valence-electron chi connectivity index (χ0n) is 18.1. The number of urea groups is 1. The van der Waals surface area contributed by atoms with Gasteiger partial charge in [-0.05, 0) is 24.8 Å². The summed E-state index contributed by atoms with van der Waals surface area (Å²) < 4.78 is 26.7. The predicted octanol–water partition coefficient (Wildman–Crippen LogP) is 2.07. The van der Waals surface area contributed by atoms with Gasteiger partial charge in [0.15, 0.2) is 0 Å². The van der Waals surface area contributed by atoms with E-state index >= 15 is 0 Å². The fourth-order valence-corrected chi connectivity index (χ4v) is 5.69. The molecule has 0 radical (unpaired) electrons. The Bertz CT molecular complexity index is 817. The number of amides is 3. The van der Waals surface area contributed by atoms with E-state index in [0.717, 1.165) is 18.4 Å². The average molecular weight is 451 g/mol. The summed E-state index contributed by atoms with van der Waals surface area (Å²) >= 11 is 0. The predicted molar refractivity (Wildman–Crippen MR) is 120 cm³/mol. The van der Waals surface area contributed by atoms with Crippen LogP contribution in [-0.4, -0.2) is 68.3 Å². The van der Waals surface area contributed by atoms with Gasteiger partial charge in [0, 0.05) is 45.2 Å². The largest absolute Gasteiger partial charge is 0.340 e. The van der Waals surface area contributed by atoms with E-state index in [4.69, 9.17) is 0 Å². The van der Waals surface area contributed by atoms with Gasteiger partial charge in [0.1, 0.15) is 0 Å². The van der Waals surface area contributed by atoms with Gasteiger partial charge < -0.3 is 15.5 Å². The molecule has 1 heterocycles. The molecule has 1 aliphatic heterocycles. The Kier molecular flexibility index (Phi) is 8.71. The van der Waals surface area contributed by atoms with E-state index in [9.17, 15) is 18.0 Å². The van der Waals surface area contributed by atoms with Gasteiger partial charge in [-0.2, -0.15) is 4.31 Å². The number of rotatable bonds is 8. The Hall–Kier alpha value is -2.13. The van der Waals surface area contributed by atoms with Crippen LogP contribution in [0.3, 0.4) is 0 Å². The fraction of sp³-hybridized carbons (Fsp3) is 0.636. The van der Waals surface area contributed by atoms with Crippen molar-refractivity contribution in [2.75, 3.05) is 32.7 Å². The van der Waals surface area contributed by atoms with Crippen LogP contribution in [0.5, 0.6) is 0 Å². The lowest BCUT2D eigenvalue weighted by atomic mass is 9.96. The van der Waals surface area contributed by atoms with Crippen LogP contribution in [0.25, 0.3) is 0 Å². The number of sulfonamides is 1. The molecule has 0 atom stereocenters. The lowest BCUT2D eigenvalue weighted by molar-refractivity contribution is -0.132. The van der Waals surface area contributed by atoms with Crippen LogP contribution in [-0.2, 0) is 20.6 Å². The van der Waals surface area contributed by atoms with E-state index in [2.05, 4.69) is 10.6 Å². The summed E-state index contributed by atoms with van der Waals surface area (Å²) in [4.78, 5) is 26.1. The van der Waals surface area contributed by atoms with Gasteiger partial charge in [-0.15, -0.1) is 0 Å². The molecule has 9 heteroatoms. The van der Waals surface area contributed by atoms with Gasteiger partial charge in [-0.1, -0.05) is 49.6 Å². The maximum atomic E-state index is 12.6. The average Bonchev–Trinajstić information content (AvgIpc) is 2.78. The minimum atomic E-state index is -3.39. The molecule has 31 heavy (non-hydrogen) atoms. The van der Waals surface area contributed by atoms with Crippen molar-refractivity contribution in [3.8, 4) is 0 Å². The molecule has 1 saturated heterocycles. The lowest BCUT2D eigenvalue weighted by Crippen LogP contribution is -2.50. The molecule has 1 aromatic rings. The summed E-state index contributed by atoms with van der Waals surface area (Å²) in [6.45, 7) is 1.91. The number of piperazine rings is 1. The maximum absolute atomic E-state index is 12.6. The first-order valence-corrected chi connectivity index (χ1v) is 12.9. The molecule has 0 unspecified atom stereocenters.